The van der Waals surface area contributed by atoms with Gasteiger partial charge < -0.3 is 14.7 Å². The van der Waals surface area contributed by atoms with E-state index in [0.29, 0.717) is 24.0 Å². The summed E-state index contributed by atoms with van der Waals surface area (Å²) < 4.78 is 10.4. The highest BCUT2D eigenvalue weighted by Crippen LogP contribution is 2.17. The Hall–Kier alpha value is -1.37. The Kier molecular flexibility index (Phi) is 4.00. The number of likely N-dealkylation sites (tertiary alicyclic amines) is 1. The molecule has 6 nitrogen and oxygen atoms in total. The van der Waals surface area contributed by atoms with E-state index >= 15 is 0 Å². The lowest BCUT2D eigenvalue weighted by Gasteiger charge is -2.10. The summed E-state index contributed by atoms with van der Waals surface area (Å²) in [5.41, 5.74) is 5.84. The fourth-order valence-corrected chi connectivity index (χ4v) is 2.02. The van der Waals surface area contributed by atoms with E-state index in [4.69, 9.17) is 14.7 Å². The Labute approximate surface area is 111 Å². The number of furan rings is 1. The van der Waals surface area contributed by atoms with Crippen LogP contribution in [0.25, 0.3) is 11.6 Å². The van der Waals surface area contributed by atoms with E-state index in [9.17, 15) is 0 Å². The first-order valence-corrected chi connectivity index (χ1v) is 5.65. The monoisotopic (exact) mass is 270 g/mol. The standard InChI is InChI=1S/C11H14N4O2.ClH/c12-8-3-4-15(6-8)7-10-13-11(14-17-10)9-2-1-5-16-9;/h1-2,5,8H,3-4,6-7,12H2;1H/t8-;/m1./s1. The molecule has 0 amide bonds. The van der Waals surface area contributed by atoms with Gasteiger partial charge >= 0.3 is 0 Å². The molecule has 98 valence electrons. The quantitative estimate of drug-likeness (QED) is 0.905. The van der Waals surface area contributed by atoms with Gasteiger partial charge in [-0.2, -0.15) is 4.98 Å². The third-order valence-electron chi connectivity index (χ3n) is 2.88. The van der Waals surface area contributed by atoms with Gasteiger partial charge in [0.05, 0.1) is 12.8 Å². The molecule has 0 spiro atoms. The van der Waals surface area contributed by atoms with Gasteiger partial charge in [-0.25, -0.2) is 0 Å². The van der Waals surface area contributed by atoms with E-state index in [1.54, 1.807) is 18.4 Å². The summed E-state index contributed by atoms with van der Waals surface area (Å²) >= 11 is 0. The summed E-state index contributed by atoms with van der Waals surface area (Å²) in [5, 5.41) is 3.88. The fraction of sp³-hybridized carbons (Fsp3) is 0.455. The highest BCUT2D eigenvalue weighted by molar-refractivity contribution is 5.85. The molecule has 2 N–H and O–H groups in total. The fourth-order valence-electron chi connectivity index (χ4n) is 2.02. The second-order valence-electron chi connectivity index (χ2n) is 4.27. The van der Waals surface area contributed by atoms with Crippen LogP contribution in [-0.4, -0.2) is 34.2 Å². The zero-order valence-corrected chi connectivity index (χ0v) is 10.6. The first kappa shape index (κ1) is 13.1. The Balaban J connectivity index is 0.00000120. The summed E-state index contributed by atoms with van der Waals surface area (Å²) in [4.78, 5) is 6.50. The van der Waals surface area contributed by atoms with Crippen molar-refractivity contribution >= 4 is 12.4 Å². The van der Waals surface area contributed by atoms with Crippen molar-refractivity contribution < 1.29 is 8.94 Å². The molecule has 0 aliphatic carbocycles. The van der Waals surface area contributed by atoms with E-state index in [0.717, 1.165) is 19.5 Å². The van der Waals surface area contributed by atoms with Crippen LogP contribution in [-0.2, 0) is 6.54 Å². The number of hydrogen-bond acceptors (Lipinski definition) is 6. The normalized spacial score (nSPS) is 19.9. The number of nitrogens with two attached hydrogens (primary N) is 1. The van der Waals surface area contributed by atoms with Gasteiger partial charge in [-0.1, -0.05) is 5.16 Å². The molecule has 1 atom stereocenters. The Morgan fingerprint density at radius 2 is 2.39 bits per heavy atom. The van der Waals surface area contributed by atoms with Gasteiger partial charge in [-0.15, -0.1) is 12.4 Å². The summed E-state index contributed by atoms with van der Waals surface area (Å²) in [5.74, 6) is 1.72. The predicted molar refractivity (Wildman–Crippen MR) is 67.1 cm³/mol. The lowest BCUT2D eigenvalue weighted by molar-refractivity contribution is 0.265. The molecular formula is C11H15ClN4O2. The van der Waals surface area contributed by atoms with Crippen molar-refractivity contribution in [3.8, 4) is 11.6 Å². The molecule has 1 fully saturated rings. The maximum Gasteiger partial charge on any atom is 0.241 e. The highest BCUT2D eigenvalue weighted by Gasteiger charge is 2.21. The van der Waals surface area contributed by atoms with E-state index in [1.165, 1.54) is 0 Å². The summed E-state index contributed by atoms with van der Waals surface area (Å²) in [6.45, 7) is 2.53. The minimum Gasteiger partial charge on any atom is -0.461 e. The molecular weight excluding hydrogens is 256 g/mol. The SMILES string of the molecule is Cl.N[C@@H]1CCN(Cc2nc(-c3ccco3)no2)C1. The zero-order valence-electron chi connectivity index (χ0n) is 9.78. The smallest absolute Gasteiger partial charge is 0.241 e. The van der Waals surface area contributed by atoms with Crippen LogP contribution in [0.2, 0.25) is 0 Å². The van der Waals surface area contributed by atoms with Gasteiger partial charge in [0.2, 0.25) is 11.7 Å². The van der Waals surface area contributed by atoms with E-state index in [1.807, 2.05) is 0 Å². The second kappa shape index (κ2) is 5.51. The largest absolute Gasteiger partial charge is 0.461 e. The van der Waals surface area contributed by atoms with Gasteiger partial charge in [-0.3, -0.25) is 4.90 Å². The van der Waals surface area contributed by atoms with Crippen LogP contribution in [0, 0.1) is 0 Å². The molecule has 2 aromatic rings. The minimum atomic E-state index is 0. The first-order valence-electron chi connectivity index (χ1n) is 5.65. The Morgan fingerprint density at radius 1 is 1.50 bits per heavy atom. The third-order valence-corrected chi connectivity index (χ3v) is 2.88. The summed E-state index contributed by atoms with van der Waals surface area (Å²) in [6, 6.07) is 3.87. The van der Waals surface area contributed by atoms with Gasteiger partial charge in [0, 0.05) is 19.1 Å². The molecule has 0 bridgehead atoms. The number of hydrogen-bond donors (Lipinski definition) is 1. The van der Waals surface area contributed by atoms with E-state index in [2.05, 4.69) is 15.0 Å². The molecule has 18 heavy (non-hydrogen) atoms. The number of halogens is 1. The molecule has 0 unspecified atom stereocenters. The van der Waals surface area contributed by atoms with Crippen molar-refractivity contribution in [1.29, 1.82) is 0 Å². The Morgan fingerprint density at radius 3 is 3.06 bits per heavy atom. The van der Waals surface area contributed by atoms with Crippen LogP contribution in [0.15, 0.2) is 27.3 Å². The zero-order chi connectivity index (χ0) is 11.7. The molecule has 0 saturated carbocycles. The van der Waals surface area contributed by atoms with Crippen LogP contribution in [0.5, 0.6) is 0 Å². The Bertz CT molecular complexity index is 485. The molecule has 7 heteroatoms. The van der Waals surface area contributed by atoms with Crippen LogP contribution >= 0.6 is 12.4 Å². The van der Waals surface area contributed by atoms with Crippen molar-refractivity contribution in [2.24, 2.45) is 5.73 Å². The van der Waals surface area contributed by atoms with Crippen LogP contribution in [0.4, 0.5) is 0 Å². The lowest BCUT2D eigenvalue weighted by atomic mass is 10.3. The average Bonchev–Trinajstić information content (AvgIpc) is 3.00. The van der Waals surface area contributed by atoms with Gasteiger partial charge in [0.1, 0.15) is 0 Å². The predicted octanol–water partition coefficient (Wildman–Crippen LogP) is 1.28. The van der Waals surface area contributed by atoms with Gasteiger partial charge in [0.15, 0.2) is 5.76 Å². The second-order valence-corrected chi connectivity index (χ2v) is 4.27. The van der Waals surface area contributed by atoms with Gasteiger partial charge in [0.25, 0.3) is 0 Å². The molecule has 0 aromatic carbocycles. The lowest BCUT2D eigenvalue weighted by Crippen LogP contribution is -2.26. The molecule has 2 aromatic heterocycles. The van der Waals surface area contributed by atoms with Crippen molar-refractivity contribution in [2.45, 2.75) is 19.0 Å². The average molecular weight is 271 g/mol. The maximum absolute atomic E-state index is 5.84. The van der Waals surface area contributed by atoms with Crippen molar-refractivity contribution in [2.75, 3.05) is 13.1 Å². The van der Waals surface area contributed by atoms with Crippen molar-refractivity contribution in [1.82, 2.24) is 15.0 Å². The maximum atomic E-state index is 5.84. The number of nitrogens with zero attached hydrogens (tertiary/aromatic N) is 3. The molecule has 1 aliphatic heterocycles. The first-order chi connectivity index (χ1) is 8.31. The molecule has 0 radical (unpaired) electrons. The van der Waals surface area contributed by atoms with Crippen LogP contribution in [0.3, 0.4) is 0 Å². The highest BCUT2D eigenvalue weighted by atomic mass is 35.5. The van der Waals surface area contributed by atoms with E-state index in [-0.39, 0.29) is 18.4 Å². The molecule has 1 aliphatic rings. The summed E-state index contributed by atoms with van der Waals surface area (Å²) in [7, 11) is 0. The number of aromatic nitrogens is 2. The van der Waals surface area contributed by atoms with Crippen LogP contribution < -0.4 is 5.73 Å². The third kappa shape index (κ3) is 2.72. The van der Waals surface area contributed by atoms with E-state index < -0.39 is 0 Å². The topological polar surface area (TPSA) is 81.3 Å². The molecule has 3 heterocycles. The molecule has 1 saturated heterocycles. The number of rotatable bonds is 3. The minimum absolute atomic E-state index is 0. The van der Waals surface area contributed by atoms with Gasteiger partial charge in [-0.05, 0) is 18.6 Å². The summed E-state index contributed by atoms with van der Waals surface area (Å²) in [6.07, 6.45) is 2.62. The van der Waals surface area contributed by atoms with Crippen LogP contribution in [0.1, 0.15) is 12.3 Å². The van der Waals surface area contributed by atoms with Crippen molar-refractivity contribution in [3.05, 3.63) is 24.3 Å². The molecule has 3 rings (SSSR count). The van der Waals surface area contributed by atoms with Crippen molar-refractivity contribution in [3.63, 3.8) is 0 Å².